The van der Waals surface area contributed by atoms with E-state index in [0.717, 1.165) is 11.5 Å². The SMILES string of the molecule is Cc1ncn(Cc2ccc(Br)o2)c(=O)c1I. The monoisotopic (exact) mass is 394 g/mol. The van der Waals surface area contributed by atoms with E-state index in [1.165, 1.54) is 10.9 Å². The van der Waals surface area contributed by atoms with Crippen molar-refractivity contribution in [2.24, 2.45) is 0 Å². The molecule has 0 aromatic carbocycles. The molecule has 0 amide bonds. The van der Waals surface area contributed by atoms with Crippen molar-refractivity contribution < 1.29 is 4.42 Å². The summed E-state index contributed by atoms with van der Waals surface area (Å²) in [6.07, 6.45) is 1.54. The zero-order valence-corrected chi connectivity index (χ0v) is 12.1. The molecule has 4 nitrogen and oxygen atoms in total. The van der Waals surface area contributed by atoms with E-state index >= 15 is 0 Å². The molecule has 2 aromatic rings. The molecular formula is C10H8BrIN2O2. The predicted molar refractivity (Wildman–Crippen MR) is 71.5 cm³/mol. The summed E-state index contributed by atoms with van der Waals surface area (Å²) in [4.78, 5) is 16.0. The second-order valence-corrected chi connectivity index (χ2v) is 5.14. The molecule has 0 saturated carbocycles. The maximum absolute atomic E-state index is 11.9. The Morgan fingerprint density at radius 1 is 1.56 bits per heavy atom. The minimum Gasteiger partial charge on any atom is -0.452 e. The van der Waals surface area contributed by atoms with Crippen LogP contribution in [0.5, 0.6) is 0 Å². The number of halogens is 2. The van der Waals surface area contributed by atoms with Gasteiger partial charge in [-0.3, -0.25) is 9.36 Å². The van der Waals surface area contributed by atoms with E-state index in [-0.39, 0.29) is 5.56 Å². The summed E-state index contributed by atoms with van der Waals surface area (Å²) in [6, 6.07) is 3.62. The average molecular weight is 395 g/mol. The molecule has 0 spiro atoms. The summed E-state index contributed by atoms with van der Waals surface area (Å²) in [5.74, 6) is 0.718. The zero-order chi connectivity index (χ0) is 11.7. The van der Waals surface area contributed by atoms with Gasteiger partial charge in [-0.15, -0.1) is 0 Å². The second kappa shape index (κ2) is 4.70. The molecule has 0 atom stereocenters. The van der Waals surface area contributed by atoms with Gasteiger partial charge in [-0.25, -0.2) is 4.98 Å². The van der Waals surface area contributed by atoms with Crippen LogP contribution in [-0.2, 0) is 6.54 Å². The lowest BCUT2D eigenvalue weighted by atomic mass is 10.4. The van der Waals surface area contributed by atoms with Crippen molar-refractivity contribution in [3.63, 3.8) is 0 Å². The van der Waals surface area contributed by atoms with Gasteiger partial charge in [-0.2, -0.15) is 0 Å². The fourth-order valence-corrected chi connectivity index (χ4v) is 2.05. The largest absolute Gasteiger partial charge is 0.452 e. The lowest BCUT2D eigenvalue weighted by molar-refractivity contribution is 0.468. The highest BCUT2D eigenvalue weighted by Crippen LogP contribution is 2.14. The third-order valence-electron chi connectivity index (χ3n) is 2.11. The second-order valence-electron chi connectivity index (χ2n) is 3.28. The van der Waals surface area contributed by atoms with E-state index in [4.69, 9.17) is 4.42 Å². The Morgan fingerprint density at radius 2 is 2.31 bits per heavy atom. The normalized spacial score (nSPS) is 10.7. The first-order valence-corrected chi connectivity index (χ1v) is 6.41. The first-order valence-electron chi connectivity index (χ1n) is 4.53. The van der Waals surface area contributed by atoms with Crippen molar-refractivity contribution in [1.82, 2.24) is 9.55 Å². The van der Waals surface area contributed by atoms with Crippen LogP contribution >= 0.6 is 38.5 Å². The third-order valence-corrected chi connectivity index (χ3v) is 3.78. The Balaban J connectivity index is 2.36. The van der Waals surface area contributed by atoms with E-state index < -0.39 is 0 Å². The Hall–Kier alpha value is -0.630. The molecule has 0 unspecified atom stereocenters. The summed E-state index contributed by atoms with van der Waals surface area (Å²) in [6.45, 7) is 2.21. The number of nitrogens with zero attached hydrogens (tertiary/aromatic N) is 2. The van der Waals surface area contributed by atoms with Gasteiger partial charge in [-0.1, -0.05) is 0 Å². The topological polar surface area (TPSA) is 48.0 Å². The van der Waals surface area contributed by atoms with Crippen LogP contribution < -0.4 is 5.56 Å². The van der Waals surface area contributed by atoms with Gasteiger partial charge in [0.2, 0.25) is 0 Å². The maximum Gasteiger partial charge on any atom is 0.267 e. The van der Waals surface area contributed by atoms with Crippen LogP contribution in [0.3, 0.4) is 0 Å². The van der Waals surface area contributed by atoms with Crippen molar-refractivity contribution >= 4 is 38.5 Å². The Morgan fingerprint density at radius 3 is 2.94 bits per heavy atom. The molecule has 0 bridgehead atoms. The van der Waals surface area contributed by atoms with Crippen LogP contribution in [0.15, 0.2) is 32.3 Å². The van der Waals surface area contributed by atoms with Gasteiger partial charge in [0, 0.05) is 0 Å². The van der Waals surface area contributed by atoms with Crippen molar-refractivity contribution in [3.05, 3.63) is 48.5 Å². The molecule has 2 rings (SSSR count). The summed E-state index contributed by atoms with van der Waals surface area (Å²) >= 11 is 5.23. The van der Waals surface area contributed by atoms with Gasteiger partial charge in [0.15, 0.2) is 4.67 Å². The molecule has 0 aliphatic carbocycles. The van der Waals surface area contributed by atoms with Crippen molar-refractivity contribution in [3.8, 4) is 0 Å². The molecule has 0 aliphatic rings. The maximum atomic E-state index is 11.9. The molecule has 2 heterocycles. The predicted octanol–water partition coefficient (Wildman–Crippen LogP) is 2.56. The number of aryl methyl sites for hydroxylation is 1. The molecule has 0 N–H and O–H groups in total. The quantitative estimate of drug-likeness (QED) is 0.735. The molecule has 2 aromatic heterocycles. The molecule has 0 saturated heterocycles. The van der Waals surface area contributed by atoms with E-state index in [9.17, 15) is 4.79 Å². The highest BCUT2D eigenvalue weighted by molar-refractivity contribution is 14.1. The van der Waals surface area contributed by atoms with Crippen molar-refractivity contribution in [2.75, 3.05) is 0 Å². The van der Waals surface area contributed by atoms with E-state index in [1.54, 1.807) is 6.07 Å². The Bertz CT molecular complexity index is 576. The summed E-state index contributed by atoms with van der Waals surface area (Å²) < 4.78 is 8.17. The number of furan rings is 1. The van der Waals surface area contributed by atoms with Gasteiger partial charge < -0.3 is 4.42 Å². The van der Waals surface area contributed by atoms with Crippen LogP contribution in [0.25, 0.3) is 0 Å². The number of aromatic nitrogens is 2. The molecule has 6 heteroatoms. The molecule has 0 radical (unpaired) electrons. The number of hydrogen-bond acceptors (Lipinski definition) is 3. The lowest BCUT2D eigenvalue weighted by Gasteiger charge is -2.04. The Labute approximate surface area is 114 Å². The summed E-state index contributed by atoms with van der Waals surface area (Å²) in [5, 5.41) is 0. The van der Waals surface area contributed by atoms with Crippen LogP contribution in [0.1, 0.15) is 11.5 Å². The van der Waals surface area contributed by atoms with Crippen LogP contribution in [0.4, 0.5) is 0 Å². The van der Waals surface area contributed by atoms with Gasteiger partial charge in [0.1, 0.15) is 5.76 Å². The fraction of sp³-hybridized carbons (Fsp3) is 0.200. The van der Waals surface area contributed by atoms with Crippen LogP contribution in [-0.4, -0.2) is 9.55 Å². The smallest absolute Gasteiger partial charge is 0.267 e. The van der Waals surface area contributed by atoms with Crippen molar-refractivity contribution in [1.29, 1.82) is 0 Å². The van der Waals surface area contributed by atoms with Gasteiger partial charge in [0.05, 0.1) is 22.1 Å². The third kappa shape index (κ3) is 2.37. The van der Waals surface area contributed by atoms with Gasteiger partial charge in [-0.05, 0) is 57.6 Å². The minimum absolute atomic E-state index is 0.0411. The zero-order valence-electron chi connectivity index (χ0n) is 8.41. The van der Waals surface area contributed by atoms with Crippen LogP contribution in [0, 0.1) is 10.5 Å². The number of rotatable bonds is 2. The fourth-order valence-electron chi connectivity index (χ4n) is 1.26. The van der Waals surface area contributed by atoms with E-state index in [0.29, 0.717) is 14.8 Å². The molecule has 0 fully saturated rings. The first kappa shape index (κ1) is 11.8. The molecule has 16 heavy (non-hydrogen) atoms. The highest BCUT2D eigenvalue weighted by Gasteiger charge is 2.07. The highest BCUT2D eigenvalue weighted by atomic mass is 127. The standard InChI is InChI=1S/C10H8BrIN2O2/c1-6-9(12)10(15)14(5-13-6)4-7-2-3-8(11)16-7/h2-3,5H,4H2,1H3. The molecular weight excluding hydrogens is 387 g/mol. The van der Waals surface area contributed by atoms with E-state index in [2.05, 4.69) is 20.9 Å². The first-order chi connectivity index (χ1) is 7.58. The van der Waals surface area contributed by atoms with Gasteiger partial charge >= 0.3 is 0 Å². The summed E-state index contributed by atoms with van der Waals surface area (Å²) in [5.41, 5.74) is 0.711. The minimum atomic E-state index is -0.0411. The molecule has 84 valence electrons. The average Bonchev–Trinajstić information content (AvgIpc) is 2.65. The number of hydrogen-bond donors (Lipinski definition) is 0. The van der Waals surface area contributed by atoms with Crippen LogP contribution in [0.2, 0.25) is 0 Å². The summed E-state index contributed by atoms with van der Waals surface area (Å²) in [7, 11) is 0. The lowest BCUT2D eigenvalue weighted by Crippen LogP contribution is -2.24. The Kier molecular flexibility index (Phi) is 3.48. The van der Waals surface area contributed by atoms with E-state index in [1.807, 2.05) is 35.6 Å². The van der Waals surface area contributed by atoms with Gasteiger partial charge in [0.25, 0.3) is 5.56 Å². The van der Waals surface area contributed by atoms with Crippen molar-refractivity contribution in [2.45, 2.75) is 13.5 Å². The molecule has 0 aliphatic heterocycles.